The highest BCUT2D eigenvalue weighted by Gasteiger charge is 2.14. The number of carbonyl (C=O) groups excluding carboxylic acids is 2. The molecule has 6 nitrogen and oxygen atoms in total. The van der Waals surface area contributed by atoms with E-state index in [1.807, 2.05) is 6.92 Å². The molecule has 0 atom stereocenters. The Kier molecular flexibility index (Phi) is 4.98. The third-order valence-corrected chi connectivity index (χ3v) is 2.30. The lowest BCUT2D eigenvalue weighted by Gasteiger charge is -2.12. The Hall–Kier alpha value is -2.24. The van der Waals surface area contributed by atoms with E-state index >= 15 is 0 Å². The normalized spacial score (nSPS) is 9.67. The van der Waals surface area contributed by atoms with Crippen LogP contribution in [-0.2, 0) is 9.53 Å². The van der Waals surface area contributed by atoms with Crippen molar-refractivity contribution in [3.05, 3.63) is 23.8 Å². The Morgan fingerprint density at radius 1 is 1.39 bits per heavy atom. The molecule has 18 heavy (non-hydrogen) atoms. The first kappa shape index (κ1) is 13.8. The predicted molar refractivity (Wildman–Crippen MR) is 69.4 cm³/mol. The first-order chi connectivity index (χ1) is 8.60. The van der Waals surface area contributed by atoms with E-state index in [0.29, 0.717) is 23.5 Å². The van der Waals surface area contributed by atoms with Crippen molar-refractivity contribution in [1.29, 1.82) is 0 Å². The lowest BCUT2D eigenvalue weighted by atomic mass is 10.1. The number of hydrogen-bond donors (Lipinski definition) is 3. The molecule has 0 spiro atoms. The van der Waals surface area contributed by atoms with Crippen LogP contribution >= 0.6 is 0 Å². The van der Waals surface area contributed by atoms with Gasteiger partial charge in [0.15, 0.2) is 0 Å². The van der Waals surface area contributed by atoms with E-state index in [2.05, 4.69) is 15.4 Å². The third kappa shape index (κ3) is 3.38. The van der Waals surface area contributed by atoms with Crippen LogP contribution in [0.4, 0.5) is 11.4 Å². The van der Waals surface area contributed by atoms with Crippen LogP contribution in [0.15, 0.2) is 18.2 Å². The van der Waals surface area contributed by atoms with Gasteiger partial charge in [0.05, 0.1) is 30.6 Å². The molecule has 1 rings (SSSR count). The molecule has 4 N–H and O–H groups in total. The summed E-state index contributed by atoms with van der Waals surface area (Å²) in [5.41, 5.74) is 6.88. The second-order valence-electron chi connectivity index (χ2n) is 3.57. The van der Waals surface area contributed by atoms with Crippen LogP contribution in [-0.4, -0.2) is 32.1 Å². The number of esters is 1. The van der Waals surface area contributed by atoms with E-state index < -0.39 is 5.97 Å². The average Bonchev–Trinajstić information content (AvgIpc) is 2.36. The Morgan fingerprint density at radius 2 is 2.11 bits per heavy atom. The van der Waals surface area contributed by atoms with Crippen molar-refractivity contribution < 1.29 is 14.3 Å². The topological polar surface area (TPSA) is 93.5 Å². The van der Waals surface area contributed by atoms with Crippen LogP contribution in [0.5, 0.6) is 0 Å². The molecule has 1 aromatic rings. The highest BCUT2D eigenvalue weighted by molar-refractivity contribution is 5.99. The molecule has 0 heterocycles. The number of nitrogens with one attached hydrogen (secondary N) is 2. The van der Waals surface area contributed by atoms with Crippen molar-refractivity contribution in [3.8, 4) is 0 Å². The fraction of sp³-hybridized carbons (Fsp3) is 0.333. The minimum absolute atomic E-state index is 0.0477. The largest absolute Gasteiger partial charge is 0.465 e. The van der Waals surface area contributed by atoms with Gasteiger partial charge in [0.1, 0.15) is 0 Å². The summed E-state index contributed by atoms with van der Waals surface area (Å²) in [6, 6.07) is 4.88. The number of ether oxygens (including phenoxy) is 1. The van der Waals surface area contributed by atoms with Gasteiger partial charge in [-0.1, -0.05) is 6.07 Å². The number of nitrogen functional groups attached to an aromatic ring is 1. The molecular formula is C12H17N3O3. The molecule has 0 bridgehead atoms. The van der Waals surface area contributed by atoms with Gasteiger partial charge in [-0.05, 0) is 19.1 Å². The summed E-state index contributed by atoms with van der Waals surface area (Å²) in [4.78, 5) is 22.9. The Morgan fingerprint density at radius 3 is 2.72 bits per heavy atom. The van der Waals surface area contributed by atoms with Crippen LogP contribution in [0.2, 0.25) is 0 Å². The highest BCUT2D eigenvalue weighted by Crippen LogP contribution is 2.23. The van der Waals surface area contributed by atoms with Crippen LogP contribution in [0.3, 0.4) is 0 Å². The lowest BCUT2D eigenvalue weighted by molar-refractivity contribution is -0.119. The Labute approximate surface area is 105 Å². The van der Waals surface area contributed by atoms with Crippen molar-refractivity contribution in [2.45, 2.75) is 6.92 Å². The van der Waals surface area contributed by atoms with E-state index in [0.717, 1.165) is 0 Å². The van der Waals surface area contributed by atoms with Gasteiger partial charge < -0.3 is 21.1 Å². The molecule has 0 unspecified atom stereocenters. The van der Waals surface area contributed by atoms with Crippen LogP contribution < -0.4 is 16.4 Å². The average molecular weight is 251 g/mol. The van der Waals surface area contributed by atoms with Gasteiger partial charge in [0.2, 0.25) is 5.91 Å². The maximum absolute atomic E-state index is 11.5. The van der Waals surface area contributed by atoms with Gasteiger partial charge in [-0.2, -0.15) is 0 Å². The summed E-state index contributed by atoms with van der Waals surface area (Å²) in [6.07, 6.45) is 0. The van der Waals surface area contributed by atoms with Crippen molar-refractivity contribution in [1.82, 2.24) is 5.32 Å². The molecule has 0 saturated carbocycles. The number of methoxy groups -OCH3 is 1. The highest BCUT2D eigenvalue weighted by atomic mass is 16.5. The van der Waals surface area contributed by atoms with E-state index in [-0.39, 0.29) is 12.5 Å². The number of rotatable bonds is 5. The minimum atomic E-state index is -0.499. The van der Waals surface area contributed by atoms with Gasteiger partial charge in [-0.25, -0.2) is 4.79 Å². The molecule has 0 aromatic heterocycles. The lowest BCUT2D eigenvalue weighted by Crippen LogP contribution is -2.30. The zero-order chi connectivity index (χ0) is 13.5. The second-order valence-corrected chi connectivity index (χ2v) is 3.57. The molecule has 0 aliphatic carbocycles. The second kappa shape index (κ2) is 6.48. The van der Waals surface area contributed by atoms with Crippen LogP contribution in [0.25, 0.3) is 0 Å². The number of hydrogen-bond acceptors (Lipinski definition) is 5. The number of amides is 1. The number of carbonyl (C=O) groups is 2. The summed E-state index contributed by atoms with van der Waals surface area (Å²) in [5.74, 6) is -0.669. The number of anilines is 2. The zero-order valence-corrected chi connectivity index (χ0v) is 10.4. The summed E-state index contributed by atoms with van der Waals surface area (Å²) in [5, 5.41) is 5.48. The Bertz CT molecular complexity index is 446. The molecule has 1 amide bonds. The zero-order valence-electron chi connectivity index (χ0n) is 10.4. The standard InChI is InChI=1S/C12H17N3O3/c1-3-14-10(16)7-15-11-8(12(17)18-2)5-4-6-9(11)13/h4-6,15H,3,7,13H2,1-2H3,(H,14,16). The summed E-state index contributed by atoms with van der Waals surface area (Å²) < 4.78 is 4.65. The molecular weight excluding hydrogens is 234 g/mol. The van der Waals surface area contributed by atoms with Gasteiger partial charge in [0.25, 0.3) is 0 Å². The van der Waals surface area contributed by atoms with Gasteiger partial charge in [-0.15, -0.1) is 0 Å². The predicted octanol–water partition coefficient (Wildman–Crippen LogP) is 0.603. The van der Waals surface area contributed by atoms with Gasteiger partial charge in [0, 0.05) is 6.54 Å². The maximum Gasteiger partial charge on any atom is 0.340 e. The van der Waals surface area contributed by atoms with Crippen molar-refractivity contribution in [2.24, 2.45) is 0 Å². The summed E-state index contributed by atoms with van der Waals surface area (Å²) in [7, 11) is 1.29. The van der Waals surface area contributed by atoms with E-state index in [1.165, 1.54) is 7.11 Å². The first-order valence-corrected chi connectivity index (χ1v) is 5.57. The molecule has 0 aliphatic rings. The minimum Gasteiger partial charge on any atom is -0.465 e. The molecule has 6 heteroatoms. The quantitative estimate of drug-likeness (QED) is 0.526. The number of nitrogens with two attached hydrogens (primary N) is 1. The molecule has 1 aromatic carbocycles. The Balaban J connectivity index is 2.86. The molecule has 0 radical (unpaired) electrons. The van der Waals surface area contributed by atoms with Crippen LogP contribution in [0, 0.1) is 0 Å². The number of likely N-dealkylation sites (N-methyl/N-ethyl adjacent to an activating group) is 1. The fourth-order valence-corrected chi connectivity index (χ4v) is 1.48. The molecule has 0 saturated heterocycles. The van der Waals surface area contributed by atoms with Crippen molar-refractivity contribution >= 4 is 23.3 Å². The van der Waals surface area contributed by atoms with E-state index in [9.17, 15) is 9.59 Å². The number of benzene rings is 1. The van der Waals surface area contributed by atoms with E-state index in [4.69, 9.17) is 5.73 Å². The smallest absolute Gasteiger partial charge is 0.340 e. The SMILES string of the molecule is CCNC(=O)CNc1c(N)cccc1C(=O)OC. The number of para-hydroxylation sites is 1. The third-order valence-electron chi connectivity index (χ3n) is 2.30. The first-order valence-electron chi connectivity index (χ1n) is 5.57. The maximum atomic E-state index is 11.5. The van der Waals surface area contributed by atoms with Crippen molar-refractivity contribution in [3.63, 3.8) is 0 Å². The van der Waals surface area contributed by atoms with Gasteiger partial charge >= 0.3 is 5.97 Å². The molecule has 0 fully saturated rings. The van der Waals surface area contributed by atoms with Gasteiger partial charge in [-0.3, -0.25) is 4.79 Å². The fourth-order valence-electron chi connectivity index (χ4n) is 1.48. The van der Waals surface area contributed by atoms with E-state index in [1.54, 1.807) is 18.2 Å². The van der Waals surface area contributed by atoms with Crippen molar-refractivity contribution in [2.75, 3.05) is 31.2 Å². The monoisotopic (exact) mass is 251 g/mol. The molecule has 98 valence electrons. The van der Waals surface area contributed by atoms with Crippen LogP contribution in [0.1, 0.15) is 17.3 Å². The molecule has 0 aliphatic heterocycles. The summed E-state index contributed by atoms with van der Waals surface area (Å²) in [6.45, 7) is 2.43. The summed E-state index contributed by atoms with van der Waals surface area (Å²) >= 11 is 0.